The van der Waals surface area contributed by atoms with Gasteiger partial charge in [0, 0.05) is 6.54 Å². The van der Waals surface area contributed by atoms with Crippen LogP contribution in [0.5, 0.6) is 0 Å². The SMILES string of the molecule is O=C(C1CCCS1)N1CCC[C@H]1CO. The number of hydrogen-bond acceptors (Lipinski definition) is 3. The molecular formula is C10H17NO2S. The first-order valence-corrected chi connectivity index (χ1v) is 6.40. The smallest absolute Gasteiger partial charge is 0.236 e. The molecule has 0 bridgehead atoms. The van der Waals surface area contributed by atoms with Crippen molar-refractivity contribution < 1.29 is 9.90 Å². The predicted molar refractivity (Wildman–Crippen MR) is 57.3 cm³/mol. The number of carbonyl (C=O) groups is 1. The molecule has 2 heterocycles. The minimum atomic E-state index is 0.101. The van der Waals surface area contributed by atoms with E-state index >= 15 is 0 Å². The van der Waals surface area contributed by atoms with Crippen LogP contribution in [0.3, 0.4) is 0 Å². The van der Waals surface area contributed by atoms with E-state index in [2.05, 4.69) is 0 Å². The van der Waals surface area contributed by atoms with Gasteiger partial charge in [-0.3, -0.25) is 4.79 Å². The number of hydrogen-bond donors (Lipinski definition) is 1. The molecule has 0 spiro atoms. The normalized spacial score (nSPS) is 32.5. The van der Waals surface area contributed by atoms with E-state index in [9.17, 15) is 4.79 Å². The molecule has 3 nitrogen and oxygen atoms in total. The molecule has 80 valence electrons. The topological polar surface area (TPSA) is 40.5 Å². The molecule has 1 unspecified atom stereocenters. The van der Waals surface area contributed by atoms with E-state index in [1.165, 1.54) is 6.42 Å². The van der Waals surface area contributed by atoms with Crippen molar-refractivity contribution in [1.82, 2.24) is 4.90 Å². The van der Waals surface area contributed by atoms with E-state index < -0.39 is 0 Å². The second kappa shape index (κ2) is 4.53. The second-order valence-electron chi connectivity index (χ2n) is 4.01. The van der Waals surface area contributed by atoms with E-state index in [4.69, 9.17) is 5.11 Å². The van der Waals surface area contributed by atoms with Crippen LogP contribution in [0.2, 0.25) is 0 Å². The lowest BCUT2D eigenvalue weighted by Crippen LogP contribution is -2.41. The molecule has 0 radical (unpaired) electrons. The van der Waals surface area contributed by atoms with E-state index in [-0.39, 0.29) is 23.8 Å². The molecule has 2 aliphatic heterocycles. The lowest BCUT2D eigenvalue weighted by Gasteiger charge is -2.25. The second-order valence-corrected chi connectivity index (χ2v) is 5.32. The number of likely N-dealkylation sites (tertiary alicyclic amines) is 1. The zero-order chi connectivity index (χ0) is 9.97. The summed E-state index contributed by atoms with van der Waals surface area (Å²) in [5.41, 5.74) is 0. The molecule has 2 fully saturated rings. The lowest BCUT2D eigenvalue weighted by molar-refractivity contribution is -0.132. The summed E-state index contributed by atoms with van der Waals surface area (Å²) in [6, 6.07) is 0.101. The highest BCUT2D eigenvalue weighted by molar-refractivity contribution is 8.00. The first kappa shape index (κ1) is 10.3. The summed E-state index contributed by atoms with van der Waals surface area (Å²) in [7, 11) is 0. The fourth-order valence-corrected chi connectivity index (χ4v) is 3.50. The van der Waals surface area contributed by atoms with Crippen molar-refractivity contribution in [2.24, 2.45) is 0 Å². The van der Waals surface area contributed by atoms with Crippen LogP contribution in [0.4, 0.5) is 0 Å². The highest BCUT2D eigenvalue weighted by Gasteiger charge is 2.34. The van der Waals surface area contributed by atoms with Crippen LogP contribution >= 0.6 is 11.8 Å². The molecule has 2 rings (SSSR count). The maximum absolute atomic E-state index is 12.0. The highest BCUT2D eigenvalue weighted by Crippen LogP contribution is 2.30. The number of carbonyl (C=O) groups excluding carboxylic acids is 1. The number of nitrogens with zero attached hydrogens (tertiary/aromatic N) is 1. The van der Waals surface area contributed by atoms with Crippen molar-refractivity contribution in [2.45, 2.75) is 37.0 Å². The van der Waals surface area contributed by atoms with Crippen molar-refractivity contribution in [3.05, 3.63) is 0 Å². The van der Waals surface area contributed by atoms with Gasteiger partial charge in [0.1, 0.15) is 0 Å². The molecule has 14 heavy (non-hydrogen) atoms. The van der Waals surface area contributed by atoms with Gasteiger partial charge < -0.3 is 10.0 Å². The van der Waals surface area contributed by atoms with Gasteiger partial charge in [0.2, 0.25) is 5.91 Å². The Hall–Kier alpha value is -0.220. The number of aliphatic hydroxyl groups is 1. The summed E-state index contributed by atoms with van der Waals surface area (Å²) in [6.45, 7) is 0.976. The summed E-state index contributed by atoms with van der Waals surface area (Å²) in [5.74, 6) is 1.39. The van der Waals surface area contributed by atoms with E-state index in [0.717, 1.165) is 31.6 Å². The van der Waals surface area contributed by atoms with Crippen LogP contribution in [0.15, 0.2) is 0 Å². The maximum atomic E-state index is 12.0. The Bertz CT molecular complexity index is 216. The monoisotopic (exact) mass is 215 g/mol. The van der Waals surface area contributed by atoms with Crippen LogP contribution in [0.1, 0.15) is 25.7 Å². The van der Waals surface area contributed by atoms with E-state index in [1.54, 1.807) is 11.8 Å². The Labute approximate surface area is 88.9 Å². The van der Waals surface area contributed by atoms with Crippen LogP contribution < -0.4 is 0 Å². The van der Waals surface area contributed by atoms with Crippen LogP contribution in [-0.4, -0.2) is 46.1 Å². The predicted octanol–water partition coefficient (Wildman–Crippen LogP) is 0.865. The number of thioether (sulfide) groups is 1. The van der Waals surface area contributed by atoms with Gasteiger partial charge in [-0.25, -0.2) is 0 Å². The molecule has 1 amide bonds. The van der Waals surface area contributed by atoms with Crippen molar-refractivity contribution in [1.29, 1.82) is 0 Å². The zero-order valence-electron chi connectivity index (χ0n) is 8.32. The lowest BCUT2D eigenvalue weighted by atomic mass is 10.2. The molecule has 0 aliphatic carbocycles. The zero-order valence-corrected chi connectivity index (χ0v) is 9.13. The molecule has 2 aliphatic rings. The van der Waals surface area contributed by atoms with Crippen LogP contribution in [0.25, 0.3) is 0 Å². The Morgan fingerprint density at radius 2 is 2.29 bits per heavy atom. The van der Waals surface area contributed by atoms with Crippen molar-refractivity contribution >= 4 is 17.7 Å². The minimum Gasteiger partial charge on any atom is -0.394 e. The molecule has 0 aromatic heterocycles. The summed E-state index contributed by atoms with van der Waals surface area (Å²) in [4.78, 5) is 13.9. The van der Waals surface area contributed by atoms with Gasteiger partial charge in [-0.05, 0) is 31.4 Å². The first-order valence-electron chi connectivity index (χ1n) is 5.36. The molecular weight excluding hydrogens is 198 g/mol. The van der Waals surface area contributed by atoms with Crippen molar-refractivity contribution in [3.63, 3.8) is 0 Å². The van der Waals surface area contributed by atoms with E-state index in [1.807, 2.05) is 4.90 Å². The standard InChI is InChI=1S/C10H17NO2S/c12-7-8-3-1-5-11(8)10(13)9-4-2-6-14-9/h8-9,12H,1-7H2/t8-,9?/m0/s1. The van der Waals surface area contributed by atoms with Gasteiger partial charge in [0.15, 0.2) is 0 Å². The number of aliphatic hydroxyl groups excluding tert-OH is 1. The van der Waals surface area contributed by atoms with Crippen molar-refractivity contribution in [2.75, 3.05) is 18.9 Å². The van der Waals surface area contributed by atoms with Crippen LogP contribution in [-0.2, 0) is 4.79 Å². The Morgan fingerprint density at radius 3 is 2.93 bits per heavy atom. The van der Waals surface area contributed by atoms with Gasteiger partial charge in [-0.1, -0.05) is 0 Å². The maximum Gasteiger partial charge on any atom is 0.236 e. The van der Waals surface area contributed by atoms with Crippen molar-refractivity contribution in [3.8, 4) is 0 Å². The molecule has 2 atom stereocenters. The molecule has 0 saturated carbocycles. The summed E-state index contributed by atoms with van der Waals surface area (Å²) in [5, 5.41) is 9.31. The number of rotatable bonds is 2. The third-order valence-corrected chi connectivity index (χ3v) is 4.44. The fourth-order valence-electron chi connectivity index (χ4n) is 2.27. The average Bonchev–Trinajstić information content (AvgIpc) is 2.87. The summed E-state index contributed by atoms with van der Waals surface area (Å²) >= 11 is 1.78. The molecule has 0 aromatic carbocycles. The largest absolute Gasteiger partial charge is 0.394 e. The van der Waals surface area contributed by atoms with Crippen LogP contribution in [0, 0.1) is 0 Å². The highest BCUT2D eigenvalue weighted by atomic mass is 32.2. The minimum absolute atomic E-state index is 0.101. The Balaban J connectivity index is 1.95. The summed E-state index contributed by atoms with van der Waals surface area (Å²) in [6.07, 6.45) is 4.21. The molecule has 2 saturated heterocycles. The third kappa shape index (κ3) is 1.91. The van der Waals surface area contributed by atoms with Gasteiger partial charge in [-0.15, -0.1) is 11.8 Å². The molecule has 4 heteroatoms. The first-order chi connectivity index (χ1) is 6.83. The van der Waals surface area contributed by atoms with Gasteiger partial charge in [-0.2, -0.15) is 0 Å². The molecule has 1 N–H and O–H groups in total. The van der Waals surface area contributed by atoms with Gasteiger partial charge >= 0.3 is 0 Å². The average molecular weight is 215 g/mol. The fraction of sp³-hybridized carbons (Fsp3) is 0.900. The van der Waals surface area contributed by atoms with Gasteiger partial charge in [0.05, 0.1) is 17.9 Å². The van der Waals surface area contributed by atoms with Gasteiger partial charge in [0.25, 0.3) is 0 Å². The Kier molecular flexibility index (Phi) is 3.34. The Morgan fingerprint density at radius 1 is 1.43 bits per heavy atom. The summed E-state index contributed by atoms with van der Waals surface area (Å²) < 4.78 is 0. The third-order valence-electron chi connectivity index (χ3n) is 3.08. The molecule has 0 aromatic rings. The number of amides is 1. The van der Waals surface area contributed by atoms with E-state index in [0.29, 0.717) is 0 Å². The quantitative estimate of drug-likeness (QED) is 0.743.